The van der Waals surface area contributed by atoms with Crippen molar-refractivity contribution in [2.24, 2.45) is 0 Å². The summed E-state index contributed by atoms with van der Waals surface area (Å²) < 4.78 is 11.1. The quantitative estimate of drug-likeness (QED) is 0.641. The Kier molecular flexibility index (Phi) is 5.20. The lowest BCUT2D eigenvalue weighted by Crippen LogP contribution is -2.47. The molecule has 0 radical (unpaired) electrons. The van der Waals surface area contributed by atoms with Crippen molar-refractivity contribution in [3.63, 3.8) is 0 Å². The average molecular weight is 376 g/mol. The fourth-order valence-electron chi connectivity index (χ4n) is 3.12. The number of ether oxygens (including phenoxy) is 1. The van der Waals surface area contributed by atoms with E-state index in [1.165, 1.54) is 12.1 Å². The summed E-state index contributed by atoms with van der Waals surface area (Å²) in [5.41, 5.74) is 0.374. The van der Waals surface area contributed by atoms with Crippen LogP contribution in [0.15, 0.2) is 22.6 Å². The van der Waals surface area contributed by atoms with Crippen LogP contribution in [0.5, 0.6) is 0 Å². The van der Waals surface area contributed by atoms with Crippen LogP contribution < -0.4 is 10.2 Å². The molecule has 1 fully saturated rings. The van der Waals surface area contributed by atoms with Gasteiger partial charge in [-0.3, -0.25) is 10.1 Å². The van der Waals surface area contributed by atoms with E-state index < -0.39 is 16.6 Å². The predicted octanol–water partition coefficient (Wildman–Crippen LogP) is 3.62. The number of hydrogen-bond donors (Lipinski definition) is 1. The number of carbonyl (C=O) groups excluding carboxylic acids is 1. The van der Waals surface area contributed by atoms with Crippen molar-refractivity contribution in [1.29, 1.82) is 0 Å². The molecule has 0 unspecified atom stereocenters. The Labute approximate surface area is 156 Å². The second kappa shape index (κ2) is 7.42. The highest BCUT2D eigenvalue weighted by atomic mass is 16.6. The van der Waals surface area contributed by atoms with Crippen molar-refractivity contribution >= 4 is 28.9 Å². The van der Waals surface area contributed by atoms with Gasteiger partial charge in [0, 0.05) is 25.2 Å². The second-order valence-electron chi connectivity index (χ2n) is 7.63. The minimum atomic E-state index is -0.550. The van der Waals surface area contributed by atoms with Gasteiger partial charge in [0.1, 0.15) is 11.1 Å². The van der Waals surface area contributed by atoms with Crippen LogP contribution in [0, 0.1) is 10.1 Å². The summed E-state index contributed by atoms with van der Waals surface area (Å²) in [5.74, 6) is 0. The number of nitro groups is 1. The predicted molar refractivity (Wildman–Crippen MR) is 99.9 cm³/mol. The Morgan fingerprint density at radius 1 is 1.44 bits per heavy atom. The number of aromatic nitrogens is 1. The second-order valence-corrected chi connectivity index (χ2v) is 7.63. The van der Waals surface area contributed by atoms with E-state index in [1.54, 1.807) is 6.07 Å². The SMILES string of the molecule is CC(C)(C)OC(=O)NC[C@@H]1CCCCN1c1nc2cc([N+](=O)[O-])ccc2o1. The molecule has 27 heavy (non-hydrogen) atoms. The van der Waals surface area contributed by atoms with Crippen LogP contribution in [0.2, 0.25) is 0 Å². The van der Waals surface area contributed by atoms with E-state index in [0.717, 1.165) is 25.8 Å². The largest absolute Gasteiger partial charge is 0.444 e. The molecule has 3 rings (SSSR count). The maximum atomic E-state index is 11.9. The number of piperidine rings is 1. The molecule has 9 nitrogen and oxygen atoms in total. The number of alkyl carbamates (subject to hydrolysis) is 1. The topological polar surface area (TPSA) is 111 Å². The van der Waals surface area contributed by atoms with E-state index in [-0.39, 0.29) is 11.7 Å². The van der Waals surface area contributed by atoms with Gasteiger partial charge in [-0.05, 0) is 46.1 Å². The van der Waals surface area contributed by atoms with Crippen molar-refractivity contribution in [1.82, 2.24) is 10.3 Å². The lowest BCUT2D eigenvalue weighted by Gasteiger charge is -2.34. The molecule has 1 aromatic carbocycles. The number of hydrogen-bond acceptors (Lipinski definition) is 7. The summed E-state index contributed by atoms with van der Waals surface area (Å²) in [6, 6.07) is 4.80. The zero-order valence-electron chi connectivity index (χ0n) is 15.7. The lowest BCUT2D eigenvalue weighted by atomic mass is 10.0. The highest BCUT2D eigenvalue weighted by Gasteiger charge is 2.28. The number of rotatable bonds is 4. The molecule has 146 valence electrons. The number of nitrogens with zero attached hydrogens (tertiary/aromatic N) is 3. The molecule has 0 aliphatic carbocycles. The third-order valence-corrected chi connectivity index (χ3v) is 4.32. The third-order valence-electron chi connectivity index (χ3n) is 4.32. The number of non-ortho nitro benzene ring substituents is 1. The van der Waals surface area contributed by atoms with E-state index in [0.29, 0.717) is 23.7 Å². The molecule has 9 heteroatoms. The number of amides is 1. The van der Waals surface area contributed by atoms with Crippen molar-refractivity contribution in [3.8, 4) is 0 Å². The van der Waals surface area contributed by atoms with Gasteiger partial charge in [-0.1, -0.05) is 0 Å². The van der Waals surface area contributed by atoms with Crippen molar-refractivity contribution in [2.45, 2.75) is 51.7 Å². The molecular weight excluding hydrogens is 352 g/mol. The van der Waals surface area contributed by atoms with Crippen LogP contribution in [0.25, 0.3) is 11.1 Å². The Hall–Kier alpha value is -2.84. The zero-order valence-corrected chi connectivity index (χ0v) is 15.7. The van der Waals surface area contributed by atoms with E-state index >= 15 is 0 Å². The van der Waals surface area contributed by atoms with Crippen LogP contribution in [0.3, 0.4) is 0 Å². The third kappa shape index (κ3) is 4.66. The number of fused-ring (bicyclic) bond motifs is 1. The van der Waals surface area contributed by atoms with Crippen LogP contribution in [0.1, 0.15) is 40.0 Å². The number of anilines is 1. The summed E-state index contributed by atoms with van der Waals surface area (Å²) in [5, 5.41) is 13.7. The Bertz CT molecular complexity index is 842. The van der Waals surface area contributed by atoms with E-state index in [9.17, 15) is 14.9 Å². The van der Waals surface area contributed by atoms with Gasteiger partial charge in [0.05, 0.1) is 11.0 Å². The van der Waals surface area contributed by atoms with Crippen molar-refractivity contribution in [2.75, 3.05) is 18.0 Å². The maximum absolute atomic E-state index is 11.9. The Morgan fingerprint density at radius 3 is 2.93 bits per heavy atom. The smallest absolute Gasteiger partial charge is 0.407 e. The average Bonchev–Trinajstić information content (AvgIpc) is 3.01. The number of oxazole rings is 1. The van der Waals surface area contributed by atoms with Gasteiger partial charge in [-0.2, -0.15) is 4.98 Å². The van der Waals surface area contributed by atoms with Crippen LogP contribution >= 0.6 is 0 Å². The van der Waals surface area contributed by atoms with E-state index in [2.05, 4.69) is 10.3 Å². The Morgan fingerprint density at radius 2 is 2.22 bits per heavy atom. The zero-order chi connectivity index (χ0) is 19.6. The standard InChI is InChI=1S/C18H24N4O5/c1-18(2,3)27-17(23)19-11-13-6-4-5-9-21(13)16-20-14-10-12(22(24)25)7-8-15(14)26-16/h7-8,10,13H,4-6,9,11H2,1-3H3,(H,19,23)/t13-/m0/s1. The number of benzene rings is 1. The van der Waals surface area contributed by atoms with Gasteiger partial charge in [-0.25, -0.2) is 4.79 Å². The summed E-state index contributed by atoms with van der Waals surface area (Å²) in [6.07, 6.45) is 2.46. The van der Waals surface area contributed by atoms with Crippen molar-refractivity contribution in [3.05, 3.63) is 28.3 Å². The van der Waals surface area contributed by atoms with E-state index in [4.69, 9.17) is 9.15 Å². The molecule has 1 aliphatic heterocycles. The van der Waals surface area contributed by atoms with Crippen LogP contribution in [-0.4, -0.2) is 40.7 Å². The van der Waals surface area contributed by atoms with Gasteiger partial charge >= 0.3 is 6.09 Å². The number of nitro benzene ring substituents is 1. The molecule has 2 aromatic rings. The molecule has 1 N–H and O–H groups in total. The minimum absolute atomic E-state index is 0.0225. The fourth-order valence-corrected chi connectivity index (χ4v) is 3.12. The van der Waals surface area contributed by atoms with Crippen molar-refractivity contribution < 1.29 is 18.9 Å². The summed E-state index contributed by atoms with van der Waals surface area (Å²) >= 11 is 0. The molecule has 1 saturated heterocycles. The number of nitrogens with one attached hydrogen (secondary N) is 1. The van der Waals surface area contributed by atoms with Gasteiger partial charge in [-0.15, -0.1) is 0 Å². The monoisotopic (exact) mass is 376 g/mol. The minimum Gasteiger partial charge on any atom is -0.444 e. The first-order chi connectivity index (χ1) is 12.7. The number of carbonyl (C=O) groups is 1. The summed E-state index contributed by atoms with van der Waals surface area (Å²) in [6.45, 7) is 6.61. The molecular formula is C18H24N4O5. The summed E-state index contributed by atoms with van der Waals surface area (Å²) in [4.78, 5) is 28.8. The first kappa shape index (κ1) is 18.9. The van der Waals surface area contributed by atoms with E-state index in [1.807, 2.05) is 25.7 Å². The van der Waals surface area contributed by atoms with Gasteiger partial charge in [0.15, 0.2) is 5.58 Å². The lowest BCUT2D eigenvalue weighted by molar-refractivity contribution is -0.384. The molecule has 1 amide bonds. The molecule has 1 aliphatic rings. The molecule has 1 atom stereocenters. The maximum Gasteiger partial charge on any atom is 0.407 e. The Balaban J connectivity index is 1.74. The molecule has 0 spiro atoms. The molecule has 0 saturated carbocycles. The highest BCUT2D eigenvalue weighted by molar-refractivity contribution is 5.77. The van der Waals surface area contributed by atoms with Gasteiger partial charge < -0.3 is 19.4 Å². The first-order valence-corrected chi connectivity index (χ1v) is 9.01. The van der Waals surface area contributed by atoms with Crippen LogP contribution in [-0.2, 0) is 4.74 Å². The fraction of sp³-hybridized carbons (Fsp3) is 0.556. The molecule has 1 aromatic heterocycles. The first-order valence-electron chi connectivity index (χ1n) is 9.01. The molecule has 0 bridgehead atoms. The molecule has 2 heterocycles. The summed E-state index contributed by atoms with van der Waals surface area (Å²) in [7, 11) is 0. The van der Waals surface area contributed by atoms with Gasteiger partial charge in [0.2, 0.25) is 0 Å². The van der Waals surface area contributed by atoms with Crippen LogP contribution in [0.4, 0.5) is 16.5 Å². The highest BCUT2D eigenvalue weighted by Crippen LogP contribution is 2.29. The van der Waals surface area contributed by atoms with Gasteiger partial charge in [0.25, 0.3) is 11.7 Å². The normalized spacial score (nSPS) is 17.7.